The van der Waals surface area contributed by atoms with Gasteiger partial charge in [0, 0.05) is 5.39 Å². The molecule has 5 rings (SSSR count). The van der Waals surface area contributed by atoms with Crippen molar-refractivity contribution >= 4 is 28.3 Å². The number of rotatable bonds is 6. The number of hydrogen-bond acceptors (Lipinski definition) is 4. The smallest absolute Gasteiger partial charge is 0.228 e. The highest BCUT2D eigenvalue weighted by atomic mass is 16.5. The van der Waals surface area contributed by atoms with E-state index in [-0.39, 0.29) is 11.9 Å². The molecule has 0 saturated carbocycles. The molecular formula is C27H25N3O2. The Kier molecular flexibility index (Phi) is 5.46. The van der Waals surface area contributed by atoms with E-state index in [1.807, 2.05) is 54.6 Å². The zero-order chi connectivity index (χ0) is 21.9. The highest BCUT2D eigenvalue weighted by molar-refractivity contribution is 6.01. The van der Waals surface area contributed by atoms with E-state index in [4.69, 9.17) is 9.72 Å². The minimum atomic E-state index is -0.0626. The second-order valence-electron chi connectivity index (χ2n) is 8.08. The van der Waals surface area contributed by atoms with Crippen molar-refractivity contribution in [3.05, 3.63) is 95.6 Å². The lowest BCUT2D eigenvalue weighted by Gasteiger charge is -2.16. The summed E-state index contributed by atoms with van der Waals surface area (Å²) >= 11 is 0. The van der Waals surface area contributed by atoms with Crippen LogP contribution in [0.5, 0.6) is 5.75 Å². The quantitative estimate of drug-likeness (QED) is 0.428. The Hall–Kier alpha value is -3.86. The molecule has 2 N–H and O–H groups in total. The molecule has 3 aromatic carbocycles. The van der Waals surface area contributed by atoms with Gasteiger partial charge in [-0.05, 0) is 65.9 Å². The van der Waals surface area contributed by atoms with E-state index in [1.165, 1.54) is 11.1 Å². The van der Waals surface area contributed by atoms with Crippen molar-refractivity contribution in [3.63, 3.8) is 0 Å². The fourth-order valence-corrected chi connectivity index (χ4v) is 4.35. The average Bonchev–Trinajstić information content (AvgIpc) is 3.22. The van der Waals surface area contributed by atoms with Crippen LogP contribution >= 0.6 is 0 Å². The Morgan fingerprint density at radius 1 is 1.00 bits per heavy atom. The molecule has 160 valence electrons. The van der Waals surface area contributed by atoms with Crippen LogP contribution in [0.25, 0.3) is 10.9 Å². The van der Waals surface area contributed by atoms with Crippen molar-refractivity contribution in [1.29, 1.82) is 0 Å². The van der Waals surface area contributed by atoms with Crippen molar-refractivity contribution in [2.24, 2.45) is 0 Å². The molecule has 0 radical (unpaired) electrons. The normalized spacial score (nSPS) is 14.7. The molecule has 0 aliphatic heterocycles. The number of ether oxygens (including phenoxy) is 1. The third-order valence-corrected chi connectivity index (χ3v) is 5.98. The number of amides is 1. The topological polar surface area (TPSA) is 63.2 Å². The number of nitrogens with zero attached hydrogens (tertiary/aromatic N) is 1. The van der Waals surface area contributed by atoms with Crippen molar-refractivity contribution in [1.82, 2.24) is 4.98 Å². The number of aryl methyl sites for hydroxylation is 1. The van der Waals surface area contributed by atoms with E-state index < -0.39 is 0 Å². The SMILES string of the molecule is COc1ccc(CC(=O)Nc2cccc3nc(N[C@@H]4CCc5ccccc54)ccc23)cc1. The summed E-state index contributed by atoms with van der Waals surface area (Å²) in [6, 6.07) is 26.2. The van der Waals surface area contributed by atoms with Crippen LogP contribution in [-0.2, 0) is 17.6 Å². The minimum absolute atomic E-state index is 0.0626. The van der Waals surface area contributed by atoms with Crippen molar-refractivity contribution in [2.75, 3.05) is 17.7 Å². The molecule has 5 nitrogen and oxygen atoms in total. The molecular weight excluding hydrogens is 398 g/mol. The van der Waals surface area contributed by atoms with E-state index in [1.54, 1.807) is 7.11 Å². The number of benzene rings is 3. The van der Waals surface area contributed by atoms with Crippen LogP contribution in [0.3, 0.4) is 0 Å². The Morgan fingerprint density at radius 3 is 2.69 bits per heavy atom. The summed E-state index contributed by atoms with van der Waals surface area (Å²) in [5.74, 6) is 1.56. The van der Waals surface area contributed by atoms with E-state index in [0.717, 1.165) is 46.6 Å². The lowest BCUT2D eigenvalue weighted by atomic mass is 10.1. The predicted molar refractivity (Wildman–Crippen MR) is 128 cm³/mol. The van der Waals surface area contributed by atoms with Crippen molar-refractivity contribution < 1.29 is 9.53 Å². The van der Waals surface area contributed by atoms with Gasteiger partial charge >= 0.3 is 0 Å². The predicted octanol–water partition coefficient (Wildman–Crippen LogP) is 5.52. The van der Waals surface area contributed by atoms with E-state index in [2.05, 4.69) is 34.9 Å². The molecule has 5 heteroatoms. The summed E-state index contributed by atoms with van der Waals surface area (Å²) in [4.78, 5) is 17.4. The van der Waals surface area contributed by atoms with E-state index >= 15 is 0 Å². The zero-order valence-electron chi connectivity index (χ0n) is 18.0. The highest BCUT2D eigenvalue weighted by Crippen LogP contribution is 2.34. The molecule has 1 heterocycles. The first-order valence-electron chi connectivity index (χ1n) is 10.9. The second kappa shape index (κ2) is 8.71. The number of carbonyl (C=O) groups excluding carboxylic acids is 1. The summed E-state index contributed by atoms with van der Waals surface area (Å²) in [6.45, 7) is 0. The first kappa shape index (κ1) is 20.1. The molecule has 4 aromatic rings. The van der Waals surface area contributed by atoms with Crippen LogP contribution in [0.1, 0.15) is 29.2 Å². The van der Waals surface area contributed by atoms with Crippen molar-refractivity contribution in [3.8, 4) is 5.75 Å². The molecule has 0 spiro atoms. The third-order valence-electron chi connectivity index (χ3n) is 5.98. The monoisotopic (exact) mass is 423 g/mol. The van der Waals surface area contributed by atoms with Gasteiger partial charge in [-0.1, -0.05) is 42.5 Å². The lowest BCUT2D eigenvalue weighted by Crippen LogP contribution is -2.14. The molecule has 1 amide bonds. The zero-order valence-corrected chi connectivity index (χ0v) is 18.0. The first-order chi connectivity index (χ1) is 15.7. The number of pyridine rings is 1. The maximum Gasteiger partial charge on any atom is 0.228 e. The van der Waals surface area contributed by atoms with Gasteiger partial charge in [0.05, 0.1) is 30.8 Å². The number of carbonyl (C=O) groups is 1. The molecule has 0 fully saturated rings. The Bertz CT molecular complexity index is 1270. The maximum atomic E-state index is 12.6. The van der Waals surface area contributed by atoms with Gasteiger partial charge in [0.2, 0.25) is 5.91 Å². The Labute approximate surface area is 187 Å². The van der Waals surface area contributed by atoms with Crippen LogP contribution < -0.4 is 15.4 Å². The Balaban J connectivity index is 1.31. The first-order valence-corrected chi connectivity index (χ1v) is 10.9. The number of methoxy groups -OCH3 is 1. The van der Waals surface area contributed by atoms with Gasteiger partial charge in [0.25, 0.3) is 0 Å². The number of nitrogens with one attached hydrogen (secondary N) is 2. The van der Waals surface area contributed by atoms with Crippen LogP contribution in [0, 0.1) is 0 Å². The third kappa shape index (κ3) is 4.14. The molecule has 1 aliphatic carbocycles. The number of anilines is 2. The summed E-state index contributed by atoms with van der Waals surface area (Å²) < 4.78 is 5.17. The number of hydrogen-bond donors (Lipinski definition) is 2. The number of aromatic nitrogens is 1. The van der Waals surface area contributed by atoms with Gasteiger partial charge in [-0.3, -0.25) is 4.79 Å². The summed E-state index contributed by atoms with van der Waals surface area (Å²) in [5.41, 5.74) is 5.32. The van der Waals surface area contributed by atoms with Gasteiger partial charge in [-0.25, -0.2) is 4.98 Å². The van der Waals surface area contributed by atoms with E-state index in [0.29, 0.717) is 6.42 Å². The van der Waals surface area contributed by atoms with Crippen LogP contribution in [0.4, 0.5) is 11.5 Å². The van der Waals surface area contributed by atoms with Crippen LogP contribution in [0.15, 0.2) is 78.9 Å². The average molecular weight is 424 g/mol. The van der Waals surface area contributed by atoms with Gasteiger partial charge in [-0.15, -0.1) is 0 Å². The van der Waals surface area contributed by atoms with Crippen molar-refractivity contribution in [2.45, 2.75) is 25.3 Å². The molecule has 0 bridgehead atoms. The molecule has 32 heavy (non-hydrogen) atoms. The standard InChI is InChI=1S/C27H25N3O2/c1-32-20-12-9-18(10-13-20)17-27(31)30-24-8-4-7-23-22(24)14-16-26(28-23)29-25-15-11-19-5-2-3-6-21(19)25/h2-10,12-14,16,25H,11,15,17H2,1H3,(H,28,29)(H,30,31)/t25-/m1/s1. The summed E-state index contributed by atoms with van der Waals surface area (Å²) in [6.07, 6.45) is 2.46. The van der Waals surface area contributed by atoms with Gasteiger partial charge < -0.3 is 15.4 Å². The fourth-order valence-electron chi connectivity index (χ4n) is 4.35. The van der Waals surface area contributed by atoms with Crippen LogP contribution in [-0.4, -0.2) is 18.0 Å². The fraction of sp³-hybridized carbons (Fsp3) is 0.185. The largest absolute Gasteiger partial charge is 0.497 e. The number of fused-ring (bicyclic) bond motifs is 2. The molecule has 1 atom stereocenters. The lowest BCUT2D eigenvalue weighted by molar-refractivity contribution is -0.115. The van der Waals surface area contributed by atoms with Gasteiger partial charge in [-0.2, -0.15) is 0 Å². The molecule has 0 unspecified atom stereocenters. The van der Waals surface area contributed by atoms with E-state index in [9.17, 15) is 4.79 Å². The highest BCUT2D eigenvalue weighted by Gasteiger charge is 2.22. The summed E-state index contributed by atoms with van der Waals surface area (Å²) in [7, 11) is 1.63. The molecule has 1 aromatic heterocycles. The second-order valence-corrected chi connectivity index (χ2v) is 8.08. The Morgan fingerprint density at radius 2 is 1.84 bits per heavy atom. The van der Waals surface area contributed by atoms with Gasteiger partial charge in [0.15, 0.2) is 0 Å². The molecule has 0 saturated heterocycles. The minimum Gasteiger partial charge on any atom is -0.497 e. The maximum absolute atomic E-state index is 12.6. The summed E-state index contributed by atoms with van der Waals surface area (Å²) in [5, 5.41) is 7.54. The van der Waals surface area contributed by atoms with Gasteiger partial charge in [0.1, 0.15) is 11.6 Å². The molecule has 1 aliphatic rings. The van der Waals surface area contributed by atoms with Crippen LogP contribution in [0.2, 0.25) is 0 Å².